The van der Waals surface area contributed by atoms with Gasteiger partial charge < -0.3 is 9.30 Å². The van der Waals surface area contributed by atoms with E-state index < -0.39 is 0 Å². The Hall–Kier alpha value is -2.15. The molecule has 2 aromatic rings. The summed E-state index contributed by atoms with van der Waals surface area (Å²) in [5.41, 5.74) is 3.45. The molecule has 0 aromatic carbocycles. The second-order valence-corrected chi connectivity index (χ2v) is 7.88. The smallest absolute Gasteiger partial charge is 0.311 e. The molecule has 146 valence electrons. The van der Waals surface area contributed by atoms with Gasteiger partial charge in [-0.2, -0.15) is 0 Å². The van der Waals surface area contributed by atoms with E-state index in [1.165, 1.54) is 43.4 Å². The maximum Gasteiger partial charge on any atom is 0.311 e. The van der Waals surface area contributed by atoms with Crippen LogP contribution in [0.15, 0.2) is 11.4 Å². The van der Waals surface area contributed by atoms with Crippen LogP contribution in [0.25, 0.3) is 0 Å². The van der Waals surface area contributed by atoms with E-state index in [-0.39, 0.29) is 18.3 Å². The Morgan fingerprint density at radius 2 is 2.04 bits per heavy atom. The van der Waals surface area contributed by atoms with Crippen molar-refractivity contribution in [2.75, 3.05) is 11.9 Å². The van der Waals surface area contributed by atoms with Gasteiger partial charge in [-0.15, -0.1) is 11.3 Å². The van der Waals surface area contributed by atoms with Crippen molar-refractivity contribution < 1.29 is 14.3 Å². The van der Waals surface area contributed by atoms with E-state index in [0.717, 1.165) is 11.4 Å². The Morgan fingerprint density at radius 1 is 1.30 bits per heavy atom. The maximum absolute atomic E-state index is 12.8. The van der Waals surface area contributed by atoms with E-state index in [1.807, 2.05) is 13.0 Å². The van der Waals surface area contributed by atoms with Crippen LogP contribution in [0.3, 0.4) is 0 Å². The number of aromatic nitrogens is 2. The van der Waals surface area contributed by atoms with Crippen LogP contribution in [0.2, 0.25) is 0 Å². The van der Waals surface area contributed by atoms with E-state index >= 15 is 0 Å². The summed E-state index contributed by atoms with van der Waals surface area (Å²) < 4.78 is 7.25. The highest BCUT2D eigenvalue weighted by atomic mass is 32.1. The average Bonchev–Trinajstić information content (AvgIpc) is 3.19. The van der Waals surface area contributed by atoms with E-state index in [2.05, 4.69) is 21.8 Å². The Bertz CT molecular complexity index is 819. The molecule has 0 atom stereocenters. The lowest BCUT2D eigenvalue weighted by molar-refractivity contribution is -0.142. The van der Waals surface area contributed by atoms with Gasteiger partial charge in [0.25, 0.3) is 5.91 Å². The number of hydrogen-bond acceptors (Lipinski definition) is 5. The van der Waals surface area contributed by atoms with Gasteiger partial charge >= 0.3 is 5.97 Å². The quantitative estimate of drug-likeness (QED) is 0.742. The molecule has 2 aromatic heterocycles. The van der Waals surface area contributed by atoms with Crippen molar-refractivity contribution in [3.63, 3.8) is 0 Å². The molecule has 0 spiro atoms. The van der Waals surface area contributed by atoms with Crippen molar-refractivity contribution in [2.24, 2.45) is 0 Å². The molecule has 6 nitrogen and oxygen atoms in total. The van der Waals surface area contributed by atoms with Crippen LogP contribution in [0.1, 0.15) is 72.5 Å². The largest absolute Gasteiger partial charge is 0.466 e. The highest BCUT2D eigenvalue weighted by Crippen LogP contribution is 2.32. The molecule has 0 unspecified atom stereocenters. The zero-order valence-electron chi connectivity index (χ0n) is 16.2. The van der Waals surface area contributed by atoms with Crippen molar-refractivity contribution in [3.8, 4) is 0 Å². The monoisotopic (exact) mass is 389 g/mol. The molecule has 1 amide bonds. The first-order valence-corrected chi connectivity index (χ1v) is 10.5. The van der Waals surface area contributed by atoms with Gasteiger partial charge in [0.05, 0.1) is 24.3 Å². The molecule has 0 bridgehead atoms. The number of rotatable bonds is 6. The number of anilines is 1. The Morgan fingerprint density at radius 3 is 2.74 bits per heavy atom. The van der Waals surface area contributed by atoms with E-state index in [0.29, 0.717) is 29.0 Å². The predicted molar refractivity (Wildman–Crippen MR) is 106 cm³/mol. The number of amides is 1. The maximum atomic E-state index is 12.8. The van der Waals surface area contributed by atoms with Crippen molar-refractivity contribution in [2.45, 2.75) is 65.3 Å². The molecular formula is C20H27N3O3S. The Labute approximate surface area is 163 Å². The molecule has 7 heteroatoms. The zero-order chi connectivity index (χ0) is 19.4. The number of nitrogens with one attached hydrogen (secondary N) is 1. The van der Waals surface area contributed by atoms with Crippen LogP contribution in [0, 0.1) is 13.8 Å². The number of thiazole rings is 1. The molecule has 27 heavy (non-hydrogen) atoms. The first kappa shape index (κ1) is 19.6. The molecule has 1 aliphatic rings. The van der Waals surface area contributed by atoms with Crippen LogP contribution in [0.5, 0.6) is 0 Å². The van der Waals surface area contributed by atoms with Crippen LogP contribution in [-0.4, -0.2) is 28.0 Å². The number of nitrogens with zero attached hydrogens (tertiary/aromatic N) is 2. The van der Waals surface area contributed by atoms with Gasteiger partial charge in [-0.05, 0) is 39.7 Å². The third kappa shape index (κ3) is 4.58. The average molecular weight is 390 g/mol. The second kappa shape index (κ2) is 8.69. The van der Waals surface area contributed by atoms with Gasteiger partial charge in [0.1, 0.15) is 0 Å². The number of aryl methyl sites for hydroxylation is 1. The lowest BCUT2D eigenvalue weighted by Crippen LogP contribution is -2.17. The number of ether oxygens (including phenoxy) is 1. The minimum absolute atomic E-state index is 0.121. The summed E-state index contributed by atoms with van der Waals surface area (Å²) in [6.07, 6.45) is 6.30. The summed E-state index contributed by atoms with van der Waals surface area (Å²) in [4.78, 5) is 28.6. The van der Waals surface area contributed by atoms with Gasteiger partial charge in [0, 0.05) is 22.8 Å². The molecule has 1 N–H and O–H groups in total. The molecule has 0 aliphatic heterocycles. The number of hydrogen-bond donors (Lipinski definition) is 1. The summed E-state index contributed by atoms with van der Waals surface area (Å²) in [7, 11) is 0. The molecule has 3 rings (SSSR count). The number of esters is 1. The van der Waals surface area contributed by atoms with E-state index in [1.54, 1.807) is 12.3 Å². The summed E-state index contributed by atoms with van der Waals surface area (Å²) in [5.74, 6) is -0.459. The summed E-state index contributed by atoms with van der Waals surface area (Å²) >= 11 is 1.32. The minimum Gasteiger partial charge on any atom is -0.466 e. The van der Waals surface area contributed by atoms with Gasteiger partial charge in [-0.3, -0.25) is 14.9 Å². The summed E-state index contributed by atoms with van der Waals surface area (Å²) in [5, 5.41) is 5.15. The molecular weight excluding hydrogens is 362 g/mol. The van der Waals surface area contributed by atoms with Crippen LogP contribution in [0.4, 0.5) is 5.13 Å². The van der Waals surface area contributed by atoms with Gasteiger partial charge in [-0.25, -0.2) is 4.98 Å². The first-order valence-electron chi connectivity index (χ1n) is 9.59. The Kier molecular flexibility index (Phi) is 6.31. The molecule has 0 radical (unpaired) electrons. The predicted octanol–water partition coefficient (Wildman–Crippen LogP) is 4.42. The fraction of sp³-hybridized carbons (Fsp3) is 0.550. The number of carbonyl (C=O) groups is 2. The third-order valence-electron chi connectivity index (χ3n) is 5.07. The SMILES string of the molecule is CCOC(=O)Cc1csc(NC(=O)c2cc(C)n(C3CCCCC3)c2C)n1. The third-order valence-corrected chi connectivity index (χ3v) is 5.88. The first-order chi connectivity index (χ1) is 13.0. The van der Waals surface area contributed by atoms with E-state index in [4.69, 9.17) is 4.74 Å². The zero-order valence-corrected chi connectivity index (χ0v) is 17.0. The molecule has 0 saturated heterocycles. The van der Waals surface area contributed by atoms with E-state index in [9.17, 15) is 9.59 Å². The highest BCUT2D eigenvalue weighted by Gasteiger charge is 2.23. The Balaban J connectivity index is 1.70. The van der Waals surface area contributed by atoms with Crippen LogP contribution < -0.4 is 5.32 Å². The summed E-state index contributed by atoms with van der Waals surface area (Å²) in [6, 6.07) is 2.46. The van der Waals surface area contributed by atoms with Crippen molar-refractivity contribution in [3.05, 3.63) is 34.1 Å². The topological polar surface area (TPSA) is 73.2 Å². The minimum atomic E-state index is -0.309. The van der Waals surface area contributed by atoms with Crippen LogP contribution >= 0.6 is 11.3 Å². The fourth-order valence-corrected chi connectivity index (χ4v) is 4.58. The molecule has 1 saturated carbocycles. The van der Waals surface area contributed by atoms with Crippen molar-refractivity contribution in [1.82, 2.24) is 9.55 Å². The van der Waals surface area contributed by atoms with Gasteiger partial charge in [0.15, 0.2) is 5.13 Å². The standard InChI is InChI=1S/C20H27N3O3S/c1-4-26-18(24)11-15-12-27-20(21-15)22-19(25)17-10-13(2)23(14(17)3)16-8-6-5-7-9-16/h10,12,16H,4-9,11H2,1-3H3,(H,21,22,25). The number of carbonyl (C=O) groups excluding carboxylic acids is 2. The van der Waals surface area contributed by atoms with Crippen LogP contribution in [-0.2, 0) is 16.0 Å². The summed E-state index contributed by atoms with van der Waals surface area (Å²) in [6.45, 7) is 6.21. The highest BCUT2D eigenvalue weighted by molar-refractivity contribution is 7.14. The normalized spacial score (nSPS) is 14.9. The fourth-order valence-electron chi connectivity index (χ4n) is 3.88. The van der Waals surface area contributed by atoms with Gasteiger partial charge in [-0.1, -0.05) is 19.3 Å². The molecule has 1 aliphatic carbocycles. The van der Waals surface area contributed by atoms with Gasteiger partial charge in [0.2, 0.25) is 0 Å². The van der Waals surface area contributed by atoms with Crippen molar-refractivity contribution >= 4 is 28.3 Å². The molecule has 2 heterocycles. The lowest BCUT2D eigenvalue weighted by atomic mass is 9.95. The molecule has 1 fully saturated rings. The lowest BCUT2D eigenvalue weighted by Gasteiger charge is -2.26. The van der Waals surface area contributed by atoms with Crippen molar-refractivity contribution in [1.29, 1.82) is 0 Å². The second-order valence-electron chi connectivity index (χ2n) is 7.03.